The summed E-state index contributed by atoms with van der Waals surface area (Å²) < 4.78 is 12.3. The summed E-state index contributed by atoms with van der Waals surface area (Å²) in [6.07, 6.45) is 0.202. The molecule has 0 heterocycles. The molecule has 0 aliphatic rings. The van der Waals surface area contributed by atoms with E-state index in [0.717, 1.165) is 12.1 Å². The van der Waals surface area contributed by atoms with E-state index in [2.05, 4.69) is 0 Å². The molecule has 0 aromatic heterocycles. The van der Waals surface area contributed by atoms with E-state index in [-0.39, 0.29) is 41.4 Å². The van der Waals surface area contributed by atoms with Gasteiger partial charge < -0.3 is 0 Å². The van der Waals surface area contributed by atoms with E-state index in [9.17, 15) is 14.0 Å². The van der Waals surface area contributed by atoms with Gasteiger partial charge in [0.1, 0.15) is 5.82 Å². The van der Waals surface area contributed by atoms with Crippen molar-refractivity contribution in [2.24, 2.45) is 0 Å². The molecule has 0 unspecified atom stereocenters. The van der Waals surface area contributed by atoms with Crippen molar-refractivity contribution < 1.29 is 14.0 Å². The Morgan fingerprint density at radius 3 is 2.17 bits per heavy atom. The SMILES string of the molecule is O=CC(=O)c1ccc(F)cc1.[NaH]. The minimum atomic E-state index is -0.634. The van der Waals surface area contributed by atoms with Crippen LogP contribution in [0.5, 0.6) is 0 Å². The van der Waals surface area contributed by atoms with Crippen LogP contribution in [-0.2, 0) is 4.79 Å². The molecule has 0 amide bonds. The van der Waals surface area contributed by atoms with Crippen molar-refractivity contribution in [2.75, 3.05) is 0 Å². The van der Waals surface area contributed by atoms with Gasteiger partial charge in [-0.2, -0.15) is 0 Å². The van der Waals surface area contributed by atoms with E-state index in [1.165, 1.54) is 12.1 Å². The molecule has 0 atom stereocenters. The summed E-state index contributed by atoms with van der Waals surface area (Å²) in [7, 11) is 0. The summed E-state index contributed by atoms with van der Waals surface area (Å²) in [5, 5.41) is 0. The van der Waals surface area contributed by atoms with Gasteiger partial charge in [-0.25, -0.2) is 4.39 Å². The number of carbonyl (C=O) groups excluding carboxylic acids is 2. The van der Waals surface area contributed by atoms with Gasteiger partial charge in [-0.15, -0.1) is 0 Å². The van der Waals surface area contributed by atoms with Gasteiger partial charge in [0, 0.05) is 5.56 Å². The molecule has 0 fully saturated rings. The Kier molecular flexibility index (Phi) is 4.97. The van der Waals surface area contributed by atoms with E-state index >= 15 is 0 Å². The third-order valence-electron chi connectivity index (χ3n) is 1.24. The van der Waals surface area contributed by atoms with Gasteiger partial charge in [0.2, 0.25) is 5.78 Å². The first-order valence-corrected chi connectivity index (χ1v) is 2.99. The molecule has 0 aliphatic heterocycles. The zero-order chi connectivity index (χ0) is 8.27. The van der Waals surface area contributed by atoms with Crippen molar-refractivity contribution in [3.8, 4) is 0 Å². The van der Waals surface area contributed by atoms with Crippen molar-refractivity contribution in [3.05, 3.63) is 35.6 Å². The molecule has 0 N–H and O–H groups in total. The Bertz CT molecular complexity index is 282. The molecular formula is C8H6FNaO2. The van der Waals surface area contributed by atoms with Crippen molar-refractivity contribution in [1.29, 1.82) is 0 Å². The average Bonchev–Trinajstić information content (AvgIpc) is 2.05. The van der Waals surface area contributed by atoms with E-state index in [1.54, 1.807) is 0 Å². The molecule has 0 spiro atoms. The van der Waals surface area contributed by atoms with E-state index in [4.69, 9.17) is 0 Å². The van der Waals surface area contributed by atoms with Crippen LogP contribution in [0.1, 0.15) is 10.4 Å². The standard InChI is InChI=1S/C8H5FO2.Na.H/c9-7-3-1-6(2-4-7)8(11)5-10;;/h1-5H;;. The molecule has 12 heavy (non-hydrogen) atoms. The maximum atomic E-state index is 12.3. The molecule has 0 bridgehead atoms. The molecule has 0 saturated carbocycles. The summed E-state index contributed by atoms with van der Waals surface area (Å²) >= 11 is 0. The minimum absolute atomic E-state index is 0. The first kappa shape index (κ1) is 11.5. The predicted octanol–water partition coefficient (Wildman–Crippen LogP) is 0.559. The number of Topliss-reactive ketones (excluding diaryl/α,β-unsaturated/α-hetero) is 1. The number of ketones is 1. The monoisotopic (exact) mass is 176 g/mol. The zero-order valence-corrected chi connectivity index (χ0v) is 5.58. The number of hydrogen-bond acceptors (Lipinski definition) is 2. The third kappa shape index (κ3) is 2.85. The molecule has 2 nitrogen and oxygen atoms in total. The Morgan fingerprint density at radius 1 is 1.25 bits per heavy atom. The van der Waals surface area contributed by atoms with Gasteiger partial charge in [0.25, 0.3) is 0 Å². The summed E-state index contributed by atoms with van der Waals surface area (Å²) in [6.45, 7) is 0. The van der Waals surface area contributed by atoms with Gasteiger partial charge in [0.15, 0.2) is 6.29 Å². The maximum absolute atomic E-state index is 12.3. The van der Waals surface area contributed by atoms with Crippen LogP contribution in [0.25, 0.3) is 0 Å². The Balaban J connectivity index is 0.00000121. The van der Waals surface area contributed by atoms with Crippen molar-refractivity contribution in [3.63, 3.8) is 0 Å². The predicted molar refractivity (Wildman–Crippen MR) is 43.9 cm³/mol. The second-order valence-corrected chi connectivity index (χ2v) is 1.99. The molecule has 1 aromatic carbocycles. The summed E-state index contributed by atoms with van der Waals surface area (Å²) in [5.41, 5.74) is 0.210. The van der Waals surface area contributed by atoms with Gasteiger partial charge >= 0.3 is 29.6 Å². The van der Waals surface area contributed by atoms with Crippen LogP contribution in [0.15, 0.2) is 24.3 Å². The third-order valence-corrected chi connectivity index (χ3v) is 1.24. The molecule has 1 rings (SSSR count). The quantitative estimate of drug-likeness (QED) is 0.285. The Hall–Kier alpha value is -0.510. The molecular weight excluding hydrogens is 170 g/mol. The Morgan fingerprint density at radius 2 is 1.75 bits per heavy atom. The van der Waals surface area contributed by atoms with Crippen LogP contribution < -0.4 is 0 Å². The van der Waals surface area contributed by atoms with E-state index in [0.29, 0.717) is 0 Å². The first-order chi connectivity index (χ1) is 5.24. The van der Waals surface area contributed by atoms with Crippen LogP contribution in [0, 0.1) is 5.82 Å². The van der Waals surface area contributed by atoms with E-state index in [1.807, 2.05) is 0 Å². The summed E-state index contributed by atoms with van der Waals surface area (Å²) in [6, 6.07) is 4.81. The van der Waals surface area contributed by atoms with Crippen LogP contribution in [0.4, 0.5) is 4.39 Å². The normalized spacial score (nSPS) is 8.42. The topological polar surface area (TPSA) is 34.1 Å². The molecule has 4 heteroatoms. The van der Waals surface area contributed by atoms with Gasteiger partial charge in [-0.3, -0.25) is 9.59 Å². The fraction of sp³-hybridized carbons (Fsp3) is 0. The fourth-order valence-corrected chi connectivity index (χ4v) is 0.682. The number of hydrogen-bond donors (Lipinski definition) is 0. The number of halogens is 1. The number of aldehydes is 1. The summed E-state index contributed by atoms with van der Waals surface area (Å²) in [4.78, 5) is 20.6. The van der Waals surface area contributed by atoms with Crippen molar-refractivity contribution >= 4 is 41.6 Å². The van der Waals surface area contributed by atoms with E-state index < -0.39 is 11.6 Å². The average molecular weight is 176 g/mol. The molecule has 0 saturated heterocycles. The van der Waals surface area contributed by atoms with Gasteiger partial charge in [-0.1, -0.05) is 0 Å². The fourth-order valence-electron chi connectivity index (χ4n) is 0.682. The van der Waals surface area contributed by atoms with Crippen molar-refractivity contribution in [1.82, 2.24) is 0 Å². The van der Waals surface area contributed by atoms with Crippen LogP contribution in [-0.4, -0.2) is 41.6 Å². The van der Waals surface area contributed by atoms with Crippen LogP contribution in [0.2, 0.25) is 0 Å². The van der Waals surface area contributed by atoms with Crippen molar-refractivity contribution in [2.45, 2.75) is 0 Å². The van der Waals surface area contributed by atoms with Gasteiger partial charge in [0.05, 0.1) is 0 Å². The molecule has 58 valence electrons. The van der Waals surface area contributed by atoms with Crippen LogP contribution in [0.3, 0.4) is 0 Å². The molecule has 0 radical (unpaired) electrons. The van der Waals surface area contributed by atoms with Crippen LogP contribution >= 0.6 is 0 Å². The number of benzene rings is 1. The summed E-state index contributed by atoms with van der Waals surface area (Å²) in [5.74, 6) is -1.06. The Labute approximate surface area is 91.1 Å². The number of rotatable bonds is 2. The second kappa shape index (κ2) is 5.19. The second-order valence-electron chi connectivity index (χ2n) is 1.99. The number of carbonyl (C=O) groups is 2. The first-order valence-electron chi connectivity index (χ1n) is 2.99. The van der Waals surface area contributed by atoms with Gasteiger partial charge in [-0.05, 0) is 24.3 Å². The molecule has 1 aromatic rings. The zero-order valence-electron chi connectivity index (χ0n) is 5.58. The molecule has 0 aliphatic carbocycles.